The molecule has 2 aromatic carbocycles. The third-order valence-corrected chi connectivity index (χ3v) is 5.06. The molecular formula is C20H24N2O5S. The summed E-state index contributed by atoms with van der Waals surface area (Å²) >= 11 is 0. The van der Waals surface area contributed by atoms with Gasteiger partial charge in [0, 0.05) is 6.54 Å². The number of amides is 1. The quantitative estimate of drug-likeness (QED) is 0.653. The first-order valence-electron chi connectivity index (χ1n) is 8.82. The maximum absolute atomic E-state index is 12.0. The van der Waals surface area contributed by atoms with Gasteiger partial charge in [0.25, 0.3) is 5.91 Å². The van der Waals surface area contributed by atoms with Crippen molar-refractivity contribution in [2.75, 3.05) is 13.2 Å². The van der Waals surface area contributed by atoms with E-state index in [2.05, 4.69) is 19.2 Å². The third-order valence-electron chi connectivity index (χ3n) is 4.14. The van der Waals surface area contributed by atoms with Crippen LogP contribution < -0.4 is 10.5 Å². The summed E-state index contributed by atoms with van der Waals surface area (Å²) in [7, 11) is -3.72. The highest BCUT2D eigenvalue weighted by Gasteiger charge is 2.11. The van der Waals surface area contributed by atoms with Crippen LogP contribution in [0.3, 0.4) is 0 Å². The summed E-state index contributed by atoms with van der Waals surface area (Å²) in [5, 5.41) is 7.69. The normalized spacial score (nSPS) is 11.3. The monoisotopic (exact) mass is 404 g/mol. The Morgan fingerprint density at radius 2 is 1.64 bits per heavy atom. The third kappa shape index (κ3) is 6.47. The fourth-order valence-corrected chi connectivity index (χ4v) is 2.98. The van der Waals surface area contributed by atoms with Gasteiger partial charge in [-0.25, -0.2) is 18.4 Å². The highest BCUT2D eigenvalue weighted by molar-refractivity contribution is 7.89. The van der Waals surface area contributed by atoms with Gasteiger partial charge in [0.15, 0.2) is 6.61 Å². The molecule has 0 aliphatic rings. The molecule has 0 fully saturated rings. The Labute approximate surface area is 164 Å². The van der Waals surface area contributed by atoms with Crippen molar-refractivity contribution in [2.24, 2.45) is 5.14 Å². The molecule has 2 aromatic rings. The summed E-state index contributed by atoms with van der Waals surface area (Å²) in [6, 6.07) is 13.2. The second kappa shape index (κ2) is 9.48. The topological polar surface area (TPSA) is 116 Å². The van der Waals surface area contributed by atoms with E-state index >= 15 is 0 Å². The summed E-state index contributed by atoms with van der Waals surface area (Å²) in [6.45, 7) is 4.08. The maximum atomic E-state index is 12.0. The number of hydrogen-bond donors (Lipinski definition) is 2. The second-order valence-electron chi connectivity index (χ2n) is 6.64. The van der Waals surface area contributed by atoms with Gasteiger partial charge < -0.3 is 10.1 Å². The van der Waals surface area contributed by atoms with E-state index in [1.165, 1.54) is 12.1 Å². The van der Waals surface area contributed by atoms with E-state index in [-0.39, 0.29) is 11.5 Å². The molecular weight excluding hydrogens is 380 g/mol. The number of carbonyl (C=O) groups is 2. The molecule has 28 heavy (non-hydrogen) atoms. The first-order valence-corrected chi connectivity index (χ1v) is 10.4. The number of carbonyl (C=O) groups excluding carboxylic acids is 2. The highest BCUT2D eigenvalue weighted by Crippen LogP contribution is 2.15. The maximum Gasteiger partial charge on any atom is 0.338 e. The summed E-state index contributed by atoms with van der Waals surface area (Å²) < 4.78 is 27.4. The van der Waals surface area contributed by atoms with Gasteiger partial charge in [-0.2, -0.15) is 0 Å². The summed E-state index contributed by atoms with van der Waals surface area (Å²) in [5.41, 5.74) is 2.36. The van der Waals surface area contributed by atoms with Crippen molar-refractivity contribution in [2.45, 2.75) is 31.1 Å². The lowest BCUT2D eigenvalue weighted by atomic mass is 10.0. The van der Waals surface area contributed by atoms with Gasteiger partial charge in [-0.3, -0.25) is 4.79 Å². The molecule has 0 saturated carbocycles. The number of rotatable bonds is 8. The zero-order chi connectivity index (χ0) is 20.7. The van der Waals surface area contributed by atoms with Gasteiger partial charge in [-0.1, -0.05) is 38.1 Å². The Bertz CT molecular complexity index is 920. The molecule has 3 N–H and O–H groups in total. The smallest absolute Gasteiger partial charge is 0.338 e. The van der Waals surface area contributed by atoms with Crippen LogP contribution in [0.15, 0.2) is 53.4 Å². The first-order chi connectivity index (χ1) is 13.2. The standard InChI is InChI=1S/C20H24N2O5S/c1-14(2)16-5-7-17(8-6-16)20(24)27-13-19(23)22-12-11-15-3-9-18(10-4-15)28(21,25)26/h3-10,14H,11-13H2,1-2H3,(H,22,23)(H2,21,25,26). The molecule has 0 atom stereocenters. The summed E-state index contributed by atoms with van der Waals surface area (Å²) in [4.78, 5) is 23.8. The summed E-state index contributed by atoms with van der Waals surface area (Å²) in [6.07, 6.45) is 0.501. The van der Waals surface area contributed by atoms with Crippen molar-refractivity contribution in [3.63, 3.8) is 0 Å². The Balaban J connectivity index is 1.74. The zero-order valence-electron chi connectivity index (χ0n) is 15.8. The lowest BCUT2D eigenvalue weighted by Gasteiger charge is -2.08. The van der Waals surface area contributed by atoms with Crippen LogP contribution in [0.5, 0.6) is 0 Å². The van der Waals surface area contributed by atoms with Gasteiger partial charge >= 0.3 is 5.97 Å². The van der Waals surface area contributed by atoms with Gasteiger partial charge in [0.05, 0.1) is 10.5 Å². The van der Waals surface area contributed by atoms with Crippen molar-refractivity contribution in [1.29, 1.82) is 0 Å². The molecule has 0 aromatic heterocycles. The predicted octanol–water partition coefficient (Wildman–Crippen LogP) is 1.97. The fraction of sp³-hybridized carbons (Fsp3) is 0.300. The average Bonchev–Trinajstić information content (AvgIpc) is 2.66. The lowest BCUT2D eigenvalue weighted by molar-refractivity contribution is -0.124. The average molecular weight is 404 g/mol. The number of esters is 1. The molecule has 7 nitrogen and oxygen atoms in total. The van der Waals surface area contributed by atoms with Crippen molar-refractivity contribution in [3.05, 3.63) is 65.2 Å². The molecule has 0 aliphatic carbocycles. The second-order valence-corrected chi connectivity index (χ2v) is 8.20. The van der Waals surface area contributed by atoms with E-state index in [4.69, 9.17) is 9.88 Å². The van der Waals surface area contributed by atoms with Crippen molar-refractivity contribution < 1.29 is 22.7 Å². The van der Waals surface area contributed by atoms with Crippen LogP contribution in [-0.2, 0) is 26.0 Å². The molecule has 0 aliphatic heterocycles. The molecule has 0 heterocycles. The van der Waals surface area contributed by atoms with Crippen LogP contribution in [0.1, 0.15) is 41.3 Å². The van der Waals surface area contributed by atoms with E-state index in [1.54, 1.807) is 24.3 Å². The SMILES string of the molecule is CC(C)c1ccc(C(=O)OCC(=O)NCCc2ccc(S(N)(=O)=O)cc2)cc1. The van der Waals surface area contributed by atoms with Crippen LogP contribution in [0.2, 0.25) is 0 Å². The molecule has 0 spiro atoms. The molecule has 1 amide bonds. The molecule has 2 rings (SSSR count). The Kier molecular flexibility index (Phi) is 7.31. The van der Waals surface area contributed by atoms with Gasteiger partial charge in [0.1, 0.15) is 0 Å². The van der Waals surface area contributed by atoms with E-state index < -0.39 is 21.9 Å². The zero-order valence-corrected chi connectivity index (χ0v) is 16.7. The highest BCUT2D eigenvalue weighted by atomic mass is 32.2. The molecule has 0 unspecified atom stereocenters. The van der Waals surface area contributed by atoms with Crippen LogP contribution in [0.25, 0.3) is 0 Å². The number of hydrogen-bond acceptors (Lipinski definition) is 5. The number of sulfonamides is 1. The fourth-order valence-electron chi connectivity index (χ4n) is 2.46. The number of nitrogens with two attached hydrogens (primary N) is 1. The van der Waals surface area contributed by atoms with E-state index in [1.807, 2.05) is 12.1 Å². The largest absolute Gasteiger partial charge is 0.452 e. The van der Waals surface area contributed by atoms with Crippen molar-refractivity contribution >= 4 is 21.9 Å². The van der Waals surface area contributed by atoms with Crippen LogP contribution in [-0.4, -0.2) is 33.4 Å². The van der Waals surface area contributed by atoms with E-state index in [0.29, 0.717) is 24.4 Å². The Hall–Kier alpha value is -2.71. The molecule has 0 bridgehead atoms. The van der Waals surface area contributed by atoms with E-state index in [0.717, 1.165) is 11.1 Å². The molecule has 8 heteroatoms. The van der Waals surface area contributed by atoms with Gasteiger partial charge in [-0.15, -0.1) is 0 Å². The molecule has 0 saturated heterocycles. The van der Waals surface area contributed by atoms with Crippen LogP contribution in [0.4, 0.5) is 0 Å². The van der Waals surface area contributed by atoms with Crippen LogP contribution >= 0.6 is 0 Å². The van der Waals surface area contributed by atoms with Crippen LogP contribution in [0, 0.1) is 0 Å². The minimum absolute atomic E-state index is 0.0358. The predicted molar refractivity (Wildman–Crippen MR) is 105 cm³/mol. The van der Waals surface area contributed by atoms with Gasteiger partial charge in [-0.05, 0) is 47.7 Å². The number of nitrogens with one attached hydrogen (secondary N) is 1. The lowest BCUT2D eigenvalue weighted by Crippen LogP contribution is -2.30. The minimum Gasteiger partial charge on any atom is -0.452 e. The summed E-state index contributed by atoms with van der Waals surface area (Å²) in [5.74, 6) is -0.593. The minimum atomic E-state index is -3.72. The number of benzene rings is 2. The number of primary sulfonamides is 1. The van der Waals surface area contributed by atoms with E-state index in [9.17, 15) is 18.0 Å². The Morgan fingerprint density at radius 3 is 2.18 bits per heavy atom. The van der Waals surface area contributed by atoms with Crippen molar-refractivity contribution in [1.82, 2.24) is 5.32 Å². The molecule has 0 radical (unpaired) electrons. The Morgan fingerprint density at radius 1 is 1.04 bits per heavy atom. The molecule has 150 valence electrons. The van der Waals surface area contributed by atoms with Crippen molar-refractivity contribution in [3.8, 4) is 0 Å². The number of ether oxygens (including phenoxy) is 1. The van der Waals surface area contributed by atoms with Gasteiger partial charge in [0.2, 0.25) is 10.0 Å². The first kappa shape index (κ1) is 21.6.